The van der Waals surface area contributed by atoms with Crippen LogP contribution < -0.4 is 0 Å². The van der Waals surface area contributed by atoms with Gasteiger partial charge in [-0.1, -0.05) is 6.92 Å². The molecule has 5 atom stereocenters. The van der Waals surface area contributed by atoms with Crippen molar-refractivity contribution < 1.29 is 23.8 Å². The zero-order valence-corrected chi connectivity index (χ0v) is 14.0. The molecule has 24 heavy (non-hydrogen) atoms. The molecule has 3 aliphatic rings. The summed E-state index contributed by atoms with van der Waals surface area (Å²) in [5.74, 6) is -0.663. The molecular weight excluding hydrogens is 308 g/mol. The second-order valence-corrected chi connectivity index (χ2v) is 7.61. The first-order valence-corrected chi connectivity index (χ1v) is 8.55. The van der Waals surface area contributed by atoms with Crippen molar-refractivity contribution in [3.8, 4) is 0 Å². The predicted octanol–water partition coefficient (Wildman–Crippen LogP) is 2.95. The Morgan fingerprint density at radius 1 is 1.33 bits per heavy atom. The Morgan fingerprint density at radius 2 is 2.12 bits per heavy atom. The first-order chi connectivity index (χ1) is 11.4. The van der Waals surface area contributed by atoms with Gasteiger partial charge in [0.1, 0.15) is 6.10 Å². The molecule has 1 saturated heterocycles. The predicted molar refractivity (Wildman–Crippen MR) is 84.8 cm³/mol. The summed E-state index contributed by atoms with van der Waals surface area (Å²) in [5, 5.41) is 11.3. The van der Waals surface area contributed by atoms with Gasteiger partial charge in [-0.15, -0.1) is 0 Å². The van der Waals surface area contributed by atoms with E-state index in [-0.39, 0.29) is 30.2 Å². The third-order valence-corrected chi connectivity index (χ3v) is 6.57. The maximum atomic E-state index is 13.0. The maximum absolute atomic E-state index is 13.0. The van der Waals surface area contributed by atoms with Crippen LogP contribution in [0.15, 0.2) is 34.7 Å². The molecule has 1 spiro atoms. The summed E-state index contributed by atoms with van der Waals surface area (Å²) in [6.45, 7) is 3.83. The molecule has 2 aliphatic carbocycles. The number of fused-ring (bicyclic) bond motifs is 2. The van der Waals surface area contributed by atoms with Crippen molar-refractivity contribution >= 4 is 11.8 Å². The van der Waals surface area contributed by atoms with Crippen molar-refractivity contribution in [1.82, 2.24) is 0 Å². The average molecular weight is 330 g/mol. The fourth-order valence-corrected chi connectivity index (χ4v) is 5.09. The van der Waals surface area contributed by atoms with Crippen molar-refractivity contribution in [3.05, 3.63) is 35.8 Å². The molecule has 1 aromatic rings. The SMILES string of the molecule is CC1=CC(=O)CC2C1(O)CCC(C)C21CC(c2ccoc2)OC1=O. The number of allylic oxidation sites excluding steroid dienone is 1. The van der Waals surface area contributed by atoms with Crippen LogP contribution in [0, 0.1) is 17.3 Å². The van der Waals surface area contributed by atoms with Crippen LogP contribution in [0.5, 0.6) is 0 Å². The van der Waals surface area contributed by atoms with Gasteiger partial charge in [-0.2, -0.15) is 0 Å². The number of furan rings is 1. The molecule has 128 valence electrons. The highest BCUT2D eigenvalue weighted by Gasteiger charge is 2.66. The van der Waals surface area contributed by atoms with E-state index in [0.29, 0.717) is 18.4 Å². The minimum Gasteiger partial charge on any atom is -0.472 e. The molecule has 5 nitrogen and oxygen atoms in total. The van der Waals surface area contributed by atoms with Crippen LogP contribution in [0.3, 0.4) is 0 Å². The molecule has 0 aromatic carbocycles. The summed E-state index contributed by atoms with van der Waals surface area (Å²) < 4.78 is 10.8. The Hall–Kier alpha value is -1.88. The minimum absolute atomic E-state index is 0.0183. The van der Waals surface area contributed by atoms with Crippen LogP contribution in [-0.4, -0.2) is 22.5 Å². The molecule has 0 amide bonds. The Labute approximate surface area is 140 Å². The van der Waals surface area contributed by atoms with E-state index in [4.69, 9.17) is 9.15 Å². The van der Waals surface area contributed by atoms with E-state index < -0.39 is 16.9 Å². The van der Waals surface area contributed by atoms with Gasteiger partial charge in [0.25, 0.3) is 0 Å². The molecule has 1 saturated carbocycles. The molecule has 2 fully saturated rings. The van der Waals surface area contributed by atoms with E-state index in [0.717, 1.165) is 12.0 Å². The maximum Gasteiger partial charge on any atom is 0.313 e. The number of carbonyl (C=O) groups is 2. The van der Waals surface area contributed by atoms with E-state index in [2.05, 4.69) is 0 Å². The number of ether oxygens (including phenoxy) is 1. The topological polar surface area (TPSA) is 76.7 Å². The van der Waals surface area contributed by atoms with Crippen LogP contribution in [0.1, 0.15) is 51.2 Å². The van der Waals surface area contributed by atoms with E-state index >= 15 is 0 Å². The molecule has 2 heterocycles. The number of hydrogen-bond acceptors (Lipinski definition) is 5. The van der Waals surface area contributed by atoms with Crippen molar-refractivity contribution in [1.29, 1.82) is 0 Å². The van der Waals surface area contributed by atoms with E-state index in [1.54, 1.807) is 25.5 Å². The number of carbonyl (C=O) groups excluding carboxylic acids is 2. The second kappa shape index (κ2) is 5.06. The Balaban J connectivity index is 1.79. The number of ketones is 1. The van der Waals surface area contributed by atoms with Gasteiger partial charge >= 0.3 is 5.97 Å². The van der Waals surface area contributed by atoms with Gasteiger partial charge in [0.05, 0.1) is 23.5 Å². The van der Waals surface area contributed by atoms with Crippen LogP contribution in [0.25, 0.3) is 0 Å². The van der Waals surface area contributed by atoms with E-state index in [1.807, 2.05) is 6.92 Å². The second-order valence-electron chi connectivity index (χ2n) is 7.61. The molecule has 5 heteroatoms. The summed E-state index contributed by atoms with van der Waals surface area (Å²) in [6, 6.07) is 1.80. The first-order valence-electron chi connectivity index (χ1n) is 8.55. The fourth-order valence-electron chi connectivity index (χ4n) is 5.09. The van der Waals surface area contributed by atoms with Crippen molar-refractivity contribution in [2.24, 2.45) is 17.3 Å². The lowest BCUT2D eigenvalue weighted by molar-refractivity contribution is -0.170. The number of rotatable bonds is 1. The van der Waals surface area contributed by atoms with Crippen molar-refractivity contribution in [3.63, 3.8) is 0 Å². The van der Waals surface area contributed by atoms with Crippen LogP contribution >= 0.6 is 0 Å². The van der Waals surface area contributed by atoms with Crippen LogP contribution in [-0.2, 0) is 14.3 Å². The van der Waals surface area contributed by atoms with Gasteiger partial charge in [-0.25, -0.2) is 0 Å². The molecule has 0 bridgehead atoms. The highest BCUT2D eigenvalue weighted by Crippen LogP contribution is 2.62. The Bertz CT molecular complexity index is 718. The highest BCUT2D eigenvalue weighted by atomic mass is 16.6. The number of esters is 1. The Morgan fingerprint density at radius 3 is 2.83 bits per heavy atom. The lowest BCUT2D eigenvalue weighted by atomic mass is 9.50. The number of cyclic esters (lactones) is 1. The zero-order chi connectivity index (χ0) is 17.1. The molecule has 1 aliphatic heterocycles. The third kappa shape index (κ3) is 1.91. The summed E-state index contributed by atoms with van der Waals surface area (Å²) in [5.41, 5.74) is -0.407. The van der Waals surface area contributed by atoms with Gasteiger partial charge < -0.3 is 14.3 Å². The summed E-state index contributed by atoms with van der Waals surface area (Å²) in [4.78, 5) is 25.2. The van der Waals surface area contributed by atoms with E-state index in [9.17, 15) is 14.7 Å². The van der Waals surface area contributed by atoms with Gasteiger partial charge in [0.15, 0.2) is 5.78 Å². The minimum atomic E-state index is -1.09. The average Bonchev–Trinajstić information content (AvgIpc) is 3.16. The lowest BCUT2D eigenvalue weighted by Gasteiger charge is -2.53. The van der Waals surface area contributed by atoms with Gasteiger partial charge in [0, 0.05) is 24.3 Å². The Kier molecular flexibility index (Phi) is 3.29. The quantitative estimate of drug-likeness (QED) is 0.801. The monoisotopic (exact) mass is 330 g/mol. The molecule has 1 aromatic heterocycles. The van der Waals surface area contributed by atoms with Crippen LogP contribution in [0.2, 0.25) is 0 Å². The lowest BCUT2D eigenvalue weighted by Crippen LogP contribution is -2.59. The fraction of sp³-hybridized carbons (Fsp3) is 0.579. The first kappa shape index (κ1) is 15.6. The summed E-state index contributed by atoms with van der Waals surface area (Å²) >= 11 is 0. The molecule has 5 unspecified atom stereocenters. The summed E-state index contributed by atoms with van der Waals surface area (Å²) in [7, 11) is 0. The number of aliphatic hydroxyl groups is 1. The number of hydrogen-bond donors (Lipinski definition) is 1. The van der Waals surface area contributed by atoms with Gasteiger partial charge in [0.2, 0.25) is 0 Å². The molecular formula is C19H22O5. The van der Waals surface area contributed by atoms with Gasteiger partial charge in [-0.05, 0) is 43.4 Å². The molecule has 0 radical (unpaired) electrons. The molecule has 1 N–H and O–H groups in total. The van der Waals surface area contributed by atoms with Crippen molar-refractivity contribution in [2.45, 2.75) is 51.2 Å². The van der Waals surface area contributed by atoms with E-state index in [1.165, 1.54) is 6.08 Å². The zero-order valence-electron chi connectivity index (χ0n) is 14.0. The third-order valence-electron chi connectivity index (χ3n) is 6.57. The largest absolute Gasteiger partial charge is 0.472 e. The smallest absolute Gasteiger partial charge is 0.313 e. The molecule has 4 rings (SSSR count). The van der Waals surface area contributed by atoms with Crippen molar-refractivity contribution in [2.75, 3.05) is 0 Å². The van der Waals surface area contributed by atoms with Gasteiger partial charge in [-0.3, -0.25) is 9.59 Å². The van der Waals surface area contributed by atoms with Crippen LogP contribution in [0.4, 0.5) is 0 Å². The highest BCUT2D eigenvalue weighted by molar-refractivity contribution is 5.93. The normalized spacial score (nSPS) is 42.0. The standard InChI is InChI=1S/C19H22O5/c1-11-3-5-19(22)12(2)7-14(20)8-16(19)18(11)9-15(24-17(18)21)13-4-6-23-10-13/h4,6-7,10-11,15-16,22H,3,5,8-9H2,1-2H3. The summed E-state index contributed by atoms with van der Waals surface area (Å²) in [6.07, 6.45) is 6.32.